The highest BCUT2D eigenvalue weighted by Gasteiger charge is 2.10. The number of para-hydroxylation sites is 1. The van der Waals surface area contributed by atoms with E-state index in [2.05, 4.69) is 10.4 Å². The van der Waals surface area contributed by atoms with Crippen LogP contribution in [0.1, 0.15) is 26.6 Å². The van der Waals surface area contributed by atoms with Gasteiger partial charge in [-0.3, -0.25) is 10.2 Å². The van der Waals surface area contributed by atoms with Gasteiger partial charge in [-0.25, -0.2) is 10.8 Å². The number of carbonyl (C=O) groups excluding carboxylic acids is 1. The van der Waals surface area contributed by atoms with Crippen LogP contribution in [0.3, 0.4) is 0 Å². The van der Waals surface area contributed by atoms with Crippen LogP contribution in [0.25, 0.3) is 0 Å². The van der Waals surface area contributed by atoms with E-state index < -0.39 is 0 Å². The summed E-state index contributed by atoms with van der Waals surface area (Å²) in [5.41, 5.74) is 4.93. The summed E-state index contributed by atoms with van der Waals surface area (Å²) in [6.45, 7) is 4.33. The van der Waals surface area contributed by atoms with Gasteiger partial charge < -0.3 is 4.74 Å². The molecule has 3 N–H and O–H groups in total. The van der Waals surface area contributed by atoms with Crippen molar-refractivity contribution in [3.63, 3.8) is 0 Å². The number of nitrogen functional groups attached to an aromatic ring is 1. The number of rotatable bonds is 4. The topological polar surface area (TPSA) is 77.2 Å². The first-order valence-corrected chi connectivity index (χ1v) is 6.64. The van der Waals surface area contributed by atoms with Crippen molar-refractivity contribution in [2.45, 2.75) is 20.5 Å². The van der Waals surface area contributed by atoms with E-state index in [0.29, 0.717) is 17.3 Å². The summed E-state index contributed by atoms with van der Waals surface area (Å²) >= 11 is 1.24. The molecule has 6 heteroatoms. The van der Waals surface area contributed by atoms with Crippen molar-refractivity contribution >= 4 is 17.2 Å². The van der Waals surface area contributed by atoms with Gasteiger partial charge in [-0.2, -0.15) is 0 Å². The molecular formula is C13H15N3O2S. The van der Waals surface area contributed by atoms with Crippen molar-refractivity contribution in [3.8, 4) is 5.75 Å². The van der Waals surface area contributed by atoms with Crippen molar-refractivity contribution < 1.29 is 9.53 Å². The fourth-order valence-corrected chi connectivity index (χ4v) is 2.42. The first kappa shape index (κ1) is 13.5. The number of thiazole rings is 1. The summed E-state index contributed by atoms with van der Waals surface area (Å²) in [5, 5.41) is 2.13. The molecule has 1 aromatic heterocycles. The molecule has 0 aliphatic rings. The van der Waals surface area contributed by atoms with Crippen molar-refractivity contribution in [2.24, 2.45) is 5.84 Å². The van der Waals surface area contributed by atoms with Gasteiger partial charge in [-0.1, -0.05) is 18.2 Å². The lowest BCUT2D eigenvalue weighted by Crippen LogP contribution is -2.29. The maximum Gasteiger partial charge on any atom is 0.294 e. The van der Waals surface area contributed by atoms with Gasteiger partial charge in [0.05, 0.1) is 5.69 Å². The Morgan fingerprint density at radius 3 is 2.74 bits per heavy atom. The van der Waals surface area contributed by atoms with Gasteiger partial charge in [-0.15, -0.1) is 11.3 Å². The number of hydrogen-bond acceptors (Lipinski definition) is 5. The van der Waals surface area contributed by atoms with Crippen LogP contribution in [-0.2, 0) is 6.61 Å². The molecule has 0 spiro atoms. The largest absolute Gasteiger partial charge is 0.487 e. The van der Waals surface area contributed by atoms with Crippen LogP contribution in [0.15, 0.2) is 23.6 Å². The number of carbonyl (C=O) groups is 1. The first-order valence-electron chi connectivity index (χ1n) is 5.76. The number of amides is 1. The molecule has 0 atom stereocenters. The van der Waals surface area contributed by atoms with E-state index >= 15 is 0 Å². The molecule has 0 saturated carbocycles. The second-order valence-corrected chi connectivity index (χ2v) is 4.99. The standard InChI is InChI=1S/C13H15N3O2S/c1-8-4-3-5-9(2)11(8)18-6-10-7-19-13(15-10)12(17)16-14/h3-5,7H,6,14H2,1-2H3,(H,16,17). The molecule has 100 valence electrons. The van der Waals surface area contributed by atoms with Crippen LogP contribution in [0.2, 0.25) is 0 Å². The Hall–Kier alpha value is -1.92. The monoisotopic (exact) mass is 277 g/mol. The highest BCUT2D eigenvalue weighted by Crippen LogP contribution is 2.23. The number of hydrogen-bond donors (Lipinski definition) is 2. The second-order valence-electron chi connectivity index (χ2n) is 4.13. The number of nitrogens with two attached hydrogens (primary N) is 1. The van der Waals surface area contributed by atoms with E-state index in [4.69, 9.17) is 10.6 Å². The highest BCUT2D eigenvalue weighted by molar-refractivity contribution is 7.11. The third kappa shape index (κ3) is 3.10. The van der Waals surface area contributed by atoms with E-state index in [1.54, 1.807) is 5.38 Å². The number of ether oxygens (including phenoxy) is 1. The summed E-state index contributed by atoms with van der Waals surface area (Å²) in [6.07, 6.45) is 0. The minimum absolute atomic E-state index is 0.333. The Balaban J connectivity index is 2.07. The highest BCUT2D eigenvalue weighted by atomic mass is 32.1. The zero-order chi connectivity index (χ0) is 13.8. The fraction of sp³-hybridized carbons (Fsp3) is 0.231. The van der Waals surface area contributed by atoms with Gasteiger partial charge in [0.25, 0.3) is 5.91 Å². The maximum absolute atomic E-state index is 11.3. The molecule has 1 aromatic carbocycles. The third-order valence-corrected chi connectivity index (χ3v) is 3.54. The van der Waals surface area contributed by atoms with Crippen molar-refractivity contribution in [2.75, 3.05) is 0 Å². The molecule has 19 heavy (non-hydrogen) atoms. The van der Waals surface area contributed by atoms with Crippen molar-refractivity contribution in [3.05, 3.63) is 45.4 Å². The quantitative estimate of drug-likeness (QED) is 0.508. The van der Waals surface area contributed by atoms with Gasteiger partial charge in [0, 0.05) is 5.38 Å². The van der Waals surface area contributed by atoms with Gasteiger partial charge in [0.2, 0.25) is 0 Å². The zero-order valence-corrected chi connectivity index (χ0v) is 11.6. The van der Waals surface area contributed by atoms with Crippen molar-refractivity contribution in [1.82, 2.24) is 10.4 Å². The number of aryl methyl sites for hydroxylation is 2. The summed E-state index contributed by atoms with van der Waals surface area (Å²) in [5.74, 6) is 5.53. The molecule has 0 radical (unpaired) electrons. The van der Waals surface area contributed by atoms with Crippen LogP contribution in [0.5, 0.6) is 5.75 Å². The molecule has 0 unspecified atom stereocenters. The molecule has 2 rings (SSSR count). The minimum Gasteiger partial charge on any atom is -0.487 e. The van der Waals surface area contributed by atoms with Gasteiger partial charge in [-0.05, 0) is 25.0 Å². The second kappa shape index (κ2) is 5.81. The molecule has 0 bridgehead atoms. The van der Waals surface area contributed by atoms with Crippen LogP contribution < -0.4 is 16.0 Å². The summed E-state index contributed by atoms with van der Waals surface area (Å²) < 4.78 is 5.76. The van der Waals surface area contributed by atoms with Gasteiger partial charge in [0.15, 0.2) is 5.01 Å². The SMILES string of the molecule is Cc1cccc(C)c1OCc1csc(C(=O)NN)n1. The maximum atomic E-state index is 11.3. The van der Waals surface area contributed by atoms with Crippen LogP contribution in [0.4, 0.5) is 0 Å². The number of nitrogens with one attached hydrogen (secondary N) is 1. The summed E-state index contributed by atoms with van der Waals surface area (Å²) in [6, 6.07) is 5.98. The lowest BCUT2D eigenvalue weighted by atomic mass is 10.1. The van der Waals surface area contributed by atoms with Crippen LogP contribution in [0, 0.1) is 13.8 Å². The van der Waals surface area contributed by atoms with Gasteiger partial charge in [0.1, 0.15) is 12.4 Å². The van der Waals surface area contributed by atoms with Crippen molar-refractivity contribution in [1.29, 1.82) is 0 Å². The molecule has 0 fully saturated rings. The number of benzene rings is 1. The predicted molar refractivity (Wildman–Crippen MR) is 74.0 cm³/mol. The lowest BCUT2D eigenvalue weighted by molar-refractivity contribution is 0.0953. The normalized spacial score (nSPS) is 10.3. The van der Waals surface area contributed by atoms with E-state index in [9.17, 15) is 4.79 Å². The Bertz CT molecular complexity index is 575. The number of aromatic nitrogens is 1. The Morgan fingerprint density at radius 2 is 2.11 bits per heavy atom. The minimum atomic E-state index is -0.386. The molecular weight excluding hydrogens is 262 g/mol. The number of hydrazine groups is 1. The Morgan fingerprint density at radius 1 is 1.42 bits per heavy atom. The predicted octanol–water partition coefficient (Wildman–Crippen LogP) is 1.94. The lowest BCUT2D eigenvalue weighted by Gasteiger charge is -2.10. The summed E-state index contributed by atoms with van der Waals surface area (Å²) in [7, 11) is 0. The molecule has 0 saturated heterocycles. The Labute approximate surface area is 115 Å². The molecule has 0 aliphatic heterocycles. The third-order valence-electron chi connectivity index (χ3n) is 2.65. The first-order chi connectivity index (χ1) is 9.11. The molecule has 2 aromatic rings. The van der Waals surface area contributed by atoms with E-state index in [-0.39, 0.29) is 5.91 Å². The Kier molecular flexibility index (Phi) is 4.13. The summed E-state index contributed by atoms with van der Waals surface area (Å²) in [4.78, 5) is 15.4. The molecule has 1 amide bonds. The molecule has 0 aliphatic carbocycles. The average molecular weight is 277 g/mol. The van der Waals surface area contributed by atoms with Crippen LogP contribution >= 0.6 is 11.3 Å². The smallest absolute Gasteiger partial charge is 0.294 e. The number of nitrogens with zero attached hydrogens (tertiary/aromatic N) is 1. The van der Waals surface area contributed by atoms with Crippen LogP contribution in [-0.4, -0.2) is 10.9 Å². The molecule has 5 nitrogen and oxygen atoms in total. The van der Waals surface area contributed by atoms with E-state index in [1.165, 1.54) is 11.3 Å². The van der Waals surface area contributed by atoms with E-state index in [1.807, 2.05) is 32.0 Å². The molecule has 1 heterocycles. The van der Waals surface area contributed by atoms with E-state index in [0.717, 1.165) is 16.9 Å². The fourth-order valence-electron chi connectivity index (χ4n) is 1.71. The zero-order valence-electron chi connectivity index (χ0n) is 10.8. The van der Waals surface area contributed by atoms with Gasteiger partial charge >= 0.3 is 0 Å². The average Bonchev–Trinajstić information content (AvgIpc) is 2.86.